The van der Waals surface area contributed by atoms with Gasteiger partial charge in [-0.25, -0.2) is 9.55 Å². The molecule has 0 bridgehead atoms. The third-order valence-corrected chi connectivity index (χ3v) is 5.89. The van der Waals surface area contributed by atoms with Gasteiger partial charge in [0.1, 0.15) is 12.4 Å². The summed E-state index contributed by atoms with van der Waals surface area (Å²) >= 11 is 1.94. The summed E-state index contributed by atoms with van der Waals surface area (Å²) in [6.07, 6.45) is 28.2. The van der Waals surface area contributed by atoms with Crippen molar-refractivity contribution in [3.05, 3.63) is 24.5 Å². The fourth-order valence-corrected chi connectivity index (χ4v) is 4.01. The van der Waals surface area contributed by atoms with E-state index in [9.17, 15) is 0 Å². The van der Waals surface area contributed by atoms with Crippen molar-refractivity contribution in [3.63, 3.8) is 0 Å². The average molecular weight is 366 g/mol. The molecule has 0 atom stereocenters. The van der Waals surface area contributed by atoms with Crippen LogP contribution in [0.3, 0.4) is 0 Å². The molecule has 0 unspecified atom stereocenters. The SMILES string of the molecule is CCCCCCCC/C=C\CCCCCCCCSc1[nH]cc[n+]1C. The van der Waals surface area contributed by atoms with Crippen molar-refractivity contribution in [1.29, 1.82) is 0 Å². The van der Waals surface area contributed by atoms with Crippen molar-refractivity contribution in [3.8, 4) is 0 Å². The monoisotopic (exact) mass is 365 g/mol. The van der Waals surface area contributed by atoms with Gasteiger partial charge in [0, 0.05) is 5.75 Å². The number of aromatic amines is 1. The molecule has 0 aliphatic rings. The molecule has 3 heteroatoms. The number of nitrogens with zero attached hydrogens (tertiary/aromatic N) is 1. The molecular weight excluding hydrogens is 324 g/mol. The van der Waals surface area contributed by atoms with Gasteiger partial charge in [-0.1, -0.05) is 76.9 Å². The van der Waals surface area contributed by atoms with Crippen LogP contribution in [0.1, 0.15) is 96.8 Å². The maximum absolute atomic E-state index is 3.28. The highest BCUT2D eigenvalue weighted by Gasteiger charge is 2.05. The number of unbranched alkanes of at least 4 members (excludes halogenated alkanes) is 12. The van der Waals surface area contributed by atoms with E-state index in [1.54, 1.807) is 0 Å². The van der Waals surface area contributed by atoms with Crippen molar-refractivity contribution in [2.24, 2.45) is 7.05 Å². The van der Waals surface area contributed by atoms with Crippen LogP contribution in [0, 0.1) is 0 Å². The van der Waals surface area contributed by atoms with E-state index < -0.39 is 0 Å². The Kier molecular flexibility index (Phi) is 15.0. The summed E-state index contributed by atoms with van der Waals surface area (Å²) in [4.78, 5) is 3.28. The van der Waals surface area contributed by atoms with Gasteiger partial charge in [0.05, 0.1) is 7.05 Å². The average Bonchev–Trinajstić information content (AvgIpc) is 3.02. The van der Waals surface area contributed by atoms with Crippen LogP contribution in [0.15, 0.2) is 29.7 Å². The minimum atomic E-state index is 1.23. The molecule has 1 heterocycles. The molecule has 1 rings (SSSR count). The highest BCUT2D eigenvalue weighted by Crippen LogP contribution is 2.15. The van der Waals surface area contributed by atoms with Gasteiger partial charge in [0.25, 0.3) is 0 Å². The van der Waals surface area contributed by atoms with Gasteiger partial charge in [-0.05, 0) is 43.9 Å². The summed E-state index contributed by atoms with van der Waals surface area (Å²) in [5.41, 5.74) is 0. The zero-order chi connectivity index (χ0) is 18.0. The predicted octanol–water partition coefficient (Wildman–Crippen LogP) is 6.97. The number of thioether (sulfide) groups is 1. The fraction of sp³-hybridized carbons (Fsp3) is 0.773. The Hall–Kier alpha value is -0.700. The molecule has 0 aliphatic heterocycles. The first-order valence-electron chi connectivity index (χ1n) is 10.7. The number of nitrogens with one attached hydrogen (secondary N) is 1. The summed E-state index contributed by atoms with van der Waals surface area (Å²) in [6.45, 7) is 2.28. The summed E-state index contributed by atoms with van der Waals surface area (Å²) in [6, 6.07) is 0. The van der Waals surface area contributed by atoms with Crippen molar-refractivity contribution >= 4 is 11.8 Å². The Morgan fingerprint density at radius 2 is 1.40 bits per heavy atom. The topological polar surface area (TPSA) is 19.7 Å². The van der Waals surface area contributed by atoms with Crippen molar-refractivity contribution in [2.75, 3.05) is 5.75 Å². The standard InChI is InChI=1S/C22H40N2S/c1-3-4-5-6-7-8-9-10-11-12-13-14-15-16-17-18-21-25-22-23-19-20-24(22)2/h10-11,19-20H,3-9,12-18,21H2,1-2H3/p+1/b11-10-. The number of hydrogen-bond acceptors (Lipinski definition) is 1. The molecule has 0 aromatic carbocycles. The molecule has 0 saturated heterocycles. The molecule has 1 aromatic rings. The number of rotatable bonds is 17. The van der Waals surface area contributed by atoms with Gasteiger partial charge in [-0.15, -0.1) is 0 Å². The van der Waals surface area contributed by atoms with E-state index in [-0.39, 0.29) is 0 Å². The van der Waals surface area contributed by atoms with E-state index >= 15 is 0 Å². The second kappa shape index (κ2) is 16.8. The van der Waals surface area contributed by atoms with Crippen molar-refractivity contribution in [1.82, 2.24) is 4.98 Å². The summed E-state index contributed by atoms with van der Waals surface area (Å²) in [5, 5.41) is 1.27. The third kappa shape index (κ3) is 13.2. The Bertz CT molecular complexity index is 425. The lowest BCUT2D eigenvalue weighted by Crippen LogP contribution is -2.27. The quantitative estimate of drug-likeness (QED) is 0.137. The predicted molar refractivity (Wildman–Crippen MR) is 112 cm³/mol. The first kappa shape index (κ1) is 22.3. The van der Waals surface area contributed by atoms with E-state index in [0.717, 1.165) is 0 Å². The molecule has 25 heavy (non-hydrogen) atoms. The molecule has 0 spiro atoms. The zero-order valence-electron chi connectivity index (χ0n) is 16.8. The minimum Gasteiger partial charge on any atom is -0.238 e. The zero-order valence-corrected chi connectivity index (χ0v) is 17.6. The maximum Gasteiger partial charge on any atom is 0.315 e. The smallest absolute Gasteiger partial charge is 0.238 e. The largest absolute Gasteiger partial charge is 0.315 e. The molecule has 0 fully saturated rings. The fourth-order valence-electron chi connectivity index (χ4n) is 3.05. The molecule has 0 radical (unpaired) electrons. The molecule has 0 saturated carbocycles. The van der Waals surface area contributed by atoms with Crippen LogP contribution in [0.25, 0.3) is 0 Å². The third-order valence-electron chi connectivity index (χ3n) is 4.72. The van der Waals surface area contributed by atoms with Crippen molar-refractivity contribution < 1.29 is 4.57 Å². The van der Waals surface area contributed by atoms with Crippen LogP contribution in [-0.4, -0.2) is 10.7 Å². The Labute approximate surface area is 160 Å². The maximum atomic E-state index is 3.28. The molecule has 1 N–H and O–H groups in total. The number of allylic oxidation sites excluding steroid dienone is 2. The lowest BCUT2D eigenvalue weighted by atomic mass is 10.1. The Morgan fingerprint density at radius 1 is 0.840 bits per heavy atom. The van der Waals surface area contributed by atoms with Crippen LogP contribution in [0.2, 0.25) is 0 Å². The van der Waals surface area contributed by atoms with Crippen LogP contribution in [-0.2, 0) is 7.05 Å². The number of aromatic nitrogens is 2. The minimum absolute atomic E-state index is 1.23. The first-order chi connectivity index (χ1) is 12.3. The Morgan fingerprint density at radius 3 is 1.96 bits per heavy atom. The van der Waals surface area contributed by atoms with Gasteiger partial charge in [-0.3, -0.25) is 0 Å². The van der Waals surface area contributed by atoms with E-state index in [1.807, 2.05) is 18.0 Å². The Balaban J connectivity index is 1.75. The summed E-state index contributed by atoms with van der Waals surface area (Å²) in [5.74, 6) is 1.23. The van der Waals surface area contributed by atoms with Crippen molar-refractivity contribution in [2.45, 2.75) is 102 Å². The molecule has 2 nitrogen and oxygen atoms in total. The van der Waals surface area contributed by atoms with Gasteiger partial charge < -0.3 is 0 Å². The van der Waals surface area contributed by atoms with E-state index in [4.69, 9.17) is 0 Å². The number of imidazole rings is 1. The first-order valence-corrected chi connectivity index (χ1v) is 11.6. The van der Waals surface area contributed by atoms with Crippen LogP contribution >= 0.6 is 11.8 Å². The highest BCUT2D eigenvalue weighted by molar-refractivity contribution is 7.99. The molecule has 0 aliphatic carbocycles. The van der Waals surface area contributed by atoms with Gasteiger partial charge in [0.2, 0.25) is 0 Å². The van der Waals surface area contributed by atoms with Crippen LogP contribution < -0.4 is 4.57 Å². The molecular formula is C22H41N2S+. The van der Waals surface area contributed by atoms with Crippen LogP contribution in [0.4, 0.5) is 0 Å². The number of aryl methyl sites for hydroxylation is 1. The lowest BCUT2D eigenvalue weighted by Gasteiger charge is -2.00. The van der Waals surface area contributed by atoms with Gasteiger partial charge in [0.15, 0.2) is 0 Å². The summed E-state index contributed by atoms with van der Waals surface area (Å²) < 4.78 is 2.16. The van der Waals surface area contributed by atoms with Gasteiger partial charge in [-0.2, -0.15) is 0 Å². The summed E-state index contributed by atoms with van der Waals surface area (Å²) in [7, 11) is 2.10. The second-order valence-corrected chi connectivity index (χ2v) is 8.25. The normalized spacial score (nSPS) is 11.6. The van der Waals surface area contributed by atoms with E-state index in [2.05, 4.69) is 41.9 Å². The van der Waals surface area contributed by atoms with E-state index in [0.29, 0.717) is 0 Å². The highest BCUT2D eigenvalue weighted by atomic mass is 32.2. The second-order valence-electron chi connectivity index (χ2n) is 7.16. The number of hydrogen-bond donors (Lipinski definition) is 1. The molecule has 1 aromatic heterocycles. The molecule has 0 amide bonds. The molecule has 144 valence electrons. The lowest BCUT2D eigenvalue weighted by molar-refractivity contribution is -0.708. The van der Waals surface area contributed by atoms with Gasteiger partial charge >= 0.3 is 5.16 Å². The van der Waals surface area contributed by atoms with E-state index in [1.165, 1.54) is 101 Å². The van der Waals surface area contributed by atoms with Crippen LogP contribution in [0.5, 0.6) is 0 Å². The number of H-pyrrole nitrogens is 1.